The van der Waals surface area contributed by atoms with E-state index in [1.54, 1.807) is 16.4 Å². The summed E-state index contributed by atoms with van der Waals surface area (Å²) in [6.07, 6.45) is 0. The van der Waals surface area contributed by atoms with Crippen molar-refractivity contribution in [2.75, 3.05) is 37.7 Å². The minimum Gasteiger partial charge on any atom is -0.494 e. The van der Waals surface area contributed by atoms with Gasteiger partial charge in [0.25, 0.3) is 0 Å². The average molecular weight is 389 g/mol. The van der Waals surface area contributed by atoms with E-state index in [9.17, 15) is 8.42 Å². The zero-order chi connectivity index (χ0) is 19.4. The summed E-state index contributed by atoms with van der Waals surface area (Å²) in [6.45, 7) is 9.14. The Balaban J connectivity index is 1.65. The van der Waals surface area contributed by atoms with Crippen LogP contribution in [0.2, 0.25) is 0 Å². The second-order valence-corrected chi connectivity index (χ2v) is 8.98. The molecule has 1 aliphatic heterocycles. The van der Waals surface area contributed by atoms with Crippen molar-refractivity contribution >= 4 is 15.7 Å². The van der Waals surface area contributed by atoms with Crippen molar-refractivity contribution in [2.45, 2.75) is 31.6 Å². The van der Waals surface area contributed by atoms with Gasteiger partial charge >= 0.3 is 0 Å². The smallest absolute Gasteiger partial charge is 0.243 e. The molecule has 0 aromatic heterocycles. The molecule has 27 heavy (non-hydrogen) atoms. The lowest BCUT2D eigenvalue weighted by Crippen LogP contribution is -2.48. The highest BCUT2D eigenvalue weighted by Crippen LogP contribution is 2.24. The van der Waals surface area contributed by atoms with Crippen LogP contribution in [0.1, 0.15) is 32.3 Å². The number of piperazine rings is 1. The van der Waals surface area contributed by atoms with Crippen molar-refractivity contribution in [1.29, 1.82) is 0 Å². The van der Waals surface area contributed by atoms with E-state index in [1.807, 2.05) is 43.3 Å². The molecule has 0 saturated carbocycles. The summed E-state index contributed by atoms with van der Waals surface area (Å²) in [6, 6.07) is 15.2. The fourth-order valence-corrected chi connectivity index (χ4v) is 4.70. The Labute approximate surface area is 162 Å². The molecule has 5 nitrogen and oxygen atoms in total. The number of nitrogens with zero attached hydrogens (tertiary/aromatic N) is 2. The quantitative estimate of drug-likeness (QED) is 0.757. The van der Waals surface area contributed by atoms with Crippen LogP contribution < -0.4 is 9.64 Å². The van der Waals surface area contributed by atoms with Crippen LogP contribution in [0.3, 0.4) is 0 Å². The van der Waals surface area contributed by atoms with Gasteiger partial charge in [0, 0.05) is 31.9 Å². The zero-order valence-corrected chi connectivity index (χ0v) is 17.1. The topological polar surface area (TPSA) is 49.9 Å². The van der Waals surface area contributed by atoms with Crippen LogP contribution in [0.5, 0.6) is 5.75 Å². The highest BCUT2D eigenvalue weighted by Gasteiger charge is 2.28. The molecule has 0 bridgehead atoms. The molecule has 2 aromatic carbocycles. The minimum absolute atomic E-state index is 0.376. The number of rotatable bonds is 6. The van der Waals surface area contributed by atoms with Gasteiger partial charge in [0.2, 0.25) is 10.0 Å². The molecule has 6 heteroatoms. The van der Waals surface area contributed by atoms with Gasteiger partial charge < -0.3 is 9.64 Å². The maximum atomic E-state index is 12.9. The summed E-state index contributed by atoms with van der Waals surface area (Å²) >= 11 is 0. The summed E-state index contributed by atoms with van der Waals surface area (Å²) in [7, 11) is -3.44. The fraction of sp³-hybridized carbons (Fsp3) is 0.429. The number of sulfonamides is 1. The average Bonchev–Trinajstić information content (AvgIpc) is 2.69. The first kappa shape index (κ1) is 19.7. The first-order valence-electron chi connectivity index (χ1n) is 9.49. The molecule has 3 rings (SSSR count). The Morgan fingerprint density at radius 3 is 2.04 bits per heavy atom. The van der Waals surface area contributed by atoms with Crippen LogP contribution in [-0.2, 0) is 10.0 Å². The monoisotopic (exact) mass is 388 g/mol. The molecule has 146 valence electrons. The number of hydrogen-bond donors (Lipinski definition) is 0. The Kier molecular flexibility index (Phi) is 6.07. The maximum Gasteiger partial charge on any atom is 0.243 e. The summed E-state index contributed by atoms with van der Waals surface area (Å²) in [5.74, 6) is 1.24. The van der Waals surface area contributed by atoms with E-state index in [-0.39, 0.29) is 0 Å². The van der Waals surface area contributed by atoms with Gasteiger partial charge in [-0.3, -0.25) is 0 Å². The van der Waals surface area contributed by atoms with Gasteiger partial charge in [-0.25, -0.2) is 8.42 Å². The van der Waals surface area contributed by atoms with Crippen molar-refractivity contribution in [2.24, 2.45) is 0 Å². The van der Waals surface area contributed by atoms with E-state index < -0.39 is 10.0 Å². The largest absolute Gasteiger partial charge is 0.494 e. The third kappa shape index (κ3) is 4.45. The van der Waals surface area contributed by atoms with Crippen molar-refractivity contribution in [3.63, 3.8) is 0 Å². The lowest BCUT2D eigenvalue weighted by atomic mass is 10.0. The van der Waals surface area contributed by atoms with E-state index in [4.69, 9.17) is 4.74 Å². The van der Waals surface area contributed by atoms with Gasteiger partial charge in [0.15, 0.2) is 0 Å². The molecule has 0 amide bonds. The van der Waals surface area contributed by atoms with E-state index in [0.717, 1.165) is 17.0 Å². The van der Waals surface area contributed by atoms with Crippen molar-refractivity contribution in [1.82, 2.24) is 4.31 Å². The van der Waals surface area contributed by atoms with Crippen LogP contribution in [0.4, 0.5) is 5.69 Å². The molecule has 0 spiro atoms. The molecule has 1 saturated heterocycles. The predicted molar refractivity (Wildman–Crippen MR) is 109 cm³/mol. The van der Waals surface area contributed by atoms with Gasteiger partial charge in [-0.1, -0.05) is 26.0 Å². The molecule has 0 radical (unpaired) electrons. The van der Waals surface area contributed by atoms with Crippen molar-refractivity contribution < 1.29 is 13.2 Å². The lowest BCUT2D eigenvalue weighted by molar-refractivity contribution is 0.340. The molecule has 0 N–H and O–H groups in total. The third-order valence-corrected chi connectivity index (χ3v) is 6.85. The summed E-state index contributed by atoms with van der Waals surface area (Å²) < 4.78 is 32.9. The van der Waals surface area contributed by atoms with Gasteiger partial charge in [-0.05, 0) is 54.8 Å². The van der Waals surface area contributed by atoms with Gasteiger partial charge in [-0.15, -0.1) is 0 Å². The molecular formula is C21H28N2O3S. The minimum atomic E-state index is -3.44. The fourth-order valence-electron chi connectivity index (χ4n) is 3.28. The molecule has 1 aliphatic rings. The molecule has 1 fully saturated rings. The highest BCUT2D eigenvalue weighted by atomic mass is 32.2. The molecular weight excluding hydrogens is 360 g/mol. The van der Waals surface area contributed by atoms with Gasteiger partial charge in [0.1, 0.15) is 5.75 Å². The van der Waals surface area contributed by atoms with E-state index in [1.165, 1.54) is 0 Å². The second kappa shape index (κ2) is 8.31. The van der Waals surface area contributed by atoms with Crippen molar-refractivity contribution in [3.8, 4) is 5.75 Å². The first-order chi connectivity index (χ1) is 12.9. The number of benzene rings is 2. The maximum absolute atomic E-state index is 12.9. The molecule has 0 unspecified atom stereocenters. The summed E-state index contributed by atoms with van der Waals surface area (Å²) in [5, 5.41) is 0. The highest BCUT2D eigenvalue weighted by molar-refractivity contribution is 7.89. The van der Waals surface area contributed by atoms with E-state index in [0.29, 0.717) is 43.6 Å². The molecule has 1 heterocycles. The van der Waals surface area contributed by atoms with Crippen LogP contribution in [0, 0.1) is 0 Å². The van der Waals surface area contributed by atoms with E-state index >= 15 is 0 Å². The standard InChI is InChI=1S/C21H28N2O3S/c1-4-26-20-9-7-19(8-10-20)22-13-15-23(16-14-22)27(24,25)21-11-5-18(6-12-21)17(2)3/h5-12,17H,4,13-16H2,1-3H3. The molecule has 0 aliphatic carbocycles. The van der Waals surface area contributed by atoms with Crippen LogP contribution in [0.15, 0.2) is 53.4 Å². The number of anilines is 1. The Bertz CT molecular complexity index is 838. The van der Waals surface area contributed by atoms with Crippen LogP contribution in [0.25, 0.3) is 0 Å². The Morgan fingerprint density at radius 1 is 0.926 bits per heavy atom. The van der Waals surface area contributed by atoms with Gasteiger partial charge in [0.05, 0.1) is 11.5 Å². The SMILES string of the molecule is CCOc1ccc(N2CCN(S(=O)(=O)c3ccc(C(C)C)cc3)CC2)cc1. The van der Waals surface area contributed by atoms with Gasteiger partial charge in [-0.2, -0.15) is 4.31 Å². The zero-order valence-electron chi connectivity index (χ0n) is 16.3. The Hall–Kier alpha value is -2.05. The van der Waals surface area contributed by atoms with Crippen LogP contribution >= 0.6 is 0 Å². The number of ether oxygens (including phenoxy) is 1. The normalized spacial score (nSPS) is 15.9. The van der Waals surface area contributed by atoms with Crippen molar-refractivity contribution in [3.05, 3.63) is 54.1 Å². The lowest BCUT2D eigenvalue weighted by Gasteiger charge is -2.35. The number of hydrogen-bond acceptors (Lipinski definition) is 4. The summed E-state index contributed by atoms with van der Waals surface area (Å²) in [4.78, 5) is 2.59. The molecule has 0 atom stereocenters. The third-order valence-electron chi connectivity index (χ3n) is 4.94. The molecule has 2 aromatic rings. The second-order valence-electron chi connectivity index (χ2n) is 7.04. The van der Waals surface area contributed by atoms with E-state index in [2.05, 4.69) is 18.7 Å². The Morgan fingerprint density at radius 2 is 1.52 bits per heavy atom. The van der Waals surface area contributed by atoms with Crippen LogP contribution in [-0.4, -0.2) is 45.5 Å². The first-order valence-corrected chi connectivity index (χ1v) is 10.9. The summed E-state index contributed by atoms with van der Waals surface area (Å²) in [5.41, 5.74) is 2.24. The predicted octanol–water partition coefficient (Wildman–Crippen LogP) is 3.72.